The van der Waals surface area contributed by atoms with Gasteiger partial charge in [0.15, 0.2) is 5.79 Å². The second kappa shape index (κ2) is 4.93. The quantitative estimate of drug-likeness (QED) is 0.788. The van der Waals surface area contributed by atoms with Crippen LogP contribution in [-0.2, 0) is 28.2 Å². The maximum atomic E-state index is 11.8. The van der Waals surface area contributed by atoms with Gasteiger partial charge < -0.3 is 13.7 Å². The molecule has 1 aliphatic heterocycles. The van der Waals surface area contributed by atoms with Gasteiger partial charge in [-0.1, -0.05) is 0 Å². The second-order valence-electron chi connectivity index (χ2n) is 4.00. The van der Waals surface area contributed by atoms with Gasteiger partial charge in [-0.25, -0.2) is 0 Å². The van der Waals surface area contributed by atoms with E-state index in [1.807, 2.05) is 0 Å². The van der Waals surface area contributed by atoms with Crippen molar-refractivity contribution in [1.82, 2.24) is 0 Å². The molecule has 10 heteroatoms. The van der Waals surface area contributed by atoms with Gasteiger partial charge in [-0.2, -0.15) is 8.42 Å². The van der Waals surface area contributed by atoms with Crippen molar-refractivity contribution in [3.8, 4) is 0 Å². The van der Waals surface area contributed by atoms with Crippen LogP contribution in [0.2, 0.25) is 0 Å². The van der Waals surface area contributed by atoms with Gasteiger partial charge in [0.25, 0.3) is 0 Å². The van der Waals surface area contributed by atoms with Gasteiger partial charge in [-0.3, -0.25) is 0 Å². The van der Waals surface area contributed by atoms with Crippen LogP contribution in [0.5, 0.6) is 0 Å². The van der Waals surface area contributed by atoms with Gasteiger partial charge in [0, 0.05) is 19.3 Å². The molecule has 1 spiro atoms. The maximum Gasteiger partial charge on any atom is 0.539 e. The highest BCUT2D eigenvalue weighted by molar-refractivity contribution is 7.82. The largest absolute Gasteiger partial charge is 0.539 e. The summed E-state index contributed by atoms with van der Waals surface area (Å²) in [6.45, 7) is 0.860. The minimum absolute atomic E-state index is 0.0838. The van der Waals surface area contributed by atoms with Crippen molar-refractivity contribution in [2.75, 3.05) is 13.2 Å². The third-order valence-corrected chi connectivity index (χ3v) is 3.42. The zero-order valence-corrected chi connectivity index (χ0v) is 10.4. The lowest BCUT2D eigenvalue weighted by molar-refractivity contribution is -0.275. The first-order valence-corrected chi connectivity index (χ1v) is 6.72. The molecule has 0 aromatic rings. The van der Waals surface area contributed by atoms with Crippen LogP contribution in [-0.4, -0.2) is 33.8 Å². The van der Waals surface area contributed by atoms with E-state index in [1.165, 1.54) is 6.08 Å². The monoisotopic (exact) mass is 304 g/mol. The zero-order chi connectivity index (χ0) is 14.1. The molecule has 6 nitrogen and oxygen atoms in total. The molecule has 0 saturated carbocycles. The predicted octanol–water partition coefficient (Wildman–Crippen LogP) is 1.60. The normalized spacial score (nSPS) is 23.4. The first-order valence-electron chi connectivity index (χ1n) is 5.39. The molecule has 0 atom stereocenters. The molecule has 1 saturated heterocycles. The molecule has 0 radical (unpaired) electrons. The fourth-order valence-corrected chi connectivity index (χ4v) is 2.56. The molecule has 1 aliphatic carbocycles. The first-order chi connectivity index (χ1) is 8.70. The number of ether oxygens (including phenoxy) is 2. The van der Waals surface area contributed by atoms with Crippen molar-refractivity contribution in [2.24, 2.45) is 0 Å². The molecule has 0 bridgehead atoms. The first kappa shape index (κ1) is 14.6. The van der Waals surface area contributed by atoms with E-state index < -0.39 is 22.5 Å². The number of halogens is 3. The van der Waals surface area contributed by atoms with Gasteiger partial charge in [0.05, 0.1) is 13.2 Å². The smallest absolute Gasteiger partial charge is 0.366 e. The summed E-state index contributed by atoms with van der Waals surface area (Å²) in [7, 11) is -5.15. The minimum atomic E-state index is -5.31. The fourth-order valence-electron chi connectivity index (χ4n) is 1.89. The molecular formula is C9H11F3O6S. The van der Waals surface area contributed by atoms with Crippen molar-refractivity contribution >= 4 is 10.4 Å². The third-order valence-electron chi connectivity index (χ3n) is 2.61. The third kappa shape index (κ3) is 4.06. The van der Waals surface area contributed by atoms with E-state index in [2.05, 4.69) is 8.37 Å². The molecule has 1 heterocycles. The Hall–Kier alpha value is -0.840. The molecule has 1 fully saturated rings. The van der Waals surface area contributed by atoms with Crippen LogP contribution >= 0.6 is 0 Å². The summed E-state index contributed by atoms with van der Waals surface area (Å²) < 4.78 is 75.2. The molecule has 0 amide bonds. The molecule has 2 rings (SSSR count). The van der Waals surface area contributed by atoms with Gasteiger partial charge in [-0.15, -0.1) is 17.4 Å². The molecule has 0 unspecified atom stereocenters. The predicted molar refractivity (Wildman–Crippen MR) is 53.7 cm³/mol. The molecule has 0 aromatic heterocycles. The van der Waals surface area contributed by atoms with Crippen LogP contribution < -0.4 is 0 Å². The number of hydrogen-bond donors (Lipinski definition) is 0. The standard InChI is InChI=1S/C9H11F3O6S/c10-9(11,12)18-19(13,14)17-7-1-3-8(4-2-7)15-5-6-16-8/h1H,2-6H2. The average molecular weight is 304 g/mol. The highest BCUT2D eigenvalue weighted by atomic mass is 32.3. The van der Waals surface area contributed by atoms with E-state index >= 15 is 0 Å². The number of alkyl halides is 3. The van der Waals surface area contributed by atoms with Crippen LogP contribution in [0.1, 0.15) is 19.3 Å². The summed E-state index contributed by atoms with van der Waals surface area (Å²) in [4.78, 5) is 0. The Morgan fingerprint density at radius 2 is 1.89 bits per heavy atom. The molecule has 2 aliphatic rings. The van der Waals surface area contributed by atoms with Gasteiger partial charge in [-0.05, 0) is 6.08 Å². The van der Waals surface area contributed by atoms with Crippen LogP contribution in [0.4, 0.5) is 13.2 Å². The van der Waals surface area contributed by atoms with Gasteiger partial charge in [0.1, 0.15) is 5.76 Å². The zero-order valence-electron chi connectivity index (χ0n) is 9.60. The van der Waals surface area contributed by atoms with Crippen molar-refractivity contribution in [3.63, 3.8) is 0 Å². The summed E-state index contributed by atoms with van der Waals surface area (Å²) in [6.07, 6.45) is -3.39. The van der Waals surface area contributed by atoms with E-state index in [1.54, 1.807) is 0 Å². The Morgan fingerprint density at radius 1 is 1.26 bits per heavy atom. The van der Waals surface area contributed by atoms with E-state index in [9.17, 15) is 21.6 Å². The van der Waals surface area contributed by atoms with Crippen LogP contribution in [0.3, 0.4) is 0 Å². The Balaban J connectivity index is 1.96. The summed E-state index contributed by atoms with van der Waals surface area (Å²) >= 11 is 0. The molecular weight excluding hydrogens is 293 g/mol. The SMILES string of the molecule is O=S(=O)(OC1=CCC2(CC1)OCCO2)OC(F)(F)F. The summed E-state index contributed by atoms with van der Waals surface area (Å²) in [5.41, 5.74) is 0. The van der Waals surface area contributed by atoms with Crippen molar-refractivity contribution in [1.29, 1.82) is 0 Å². The van der Waals surface area contributed by atoms with E-state index in [4.69, 9.17) is 9.47 Å². The molecule has 0 aromatic carbocycles. The van der Waals surface area contributed by atoms with E-state index in [-0.39, 0.29) is 18.6 Å². The topological polar surface area (TPSA) is 71.1 Å². The Morgan fingerprint density at radius 3 is 2.37 bits per heavy atom. The summed E-state index contributed by atoms with van der Waals surface area (Å²) in [5.74, 6) is -0.921. The van der Waals surface area contributed by atoms with Crippen LogP contribution in [0, 0.1) is 0 Å². The van der Waals surface area contributed by atoms with Crippen LogP contribution in [0.15, 0.2) is 11.8 Å². The van der Waals surface area contributed by atoms with Crippen molar-refractivity contribution in [2.45, 2.75) is 31.4 Å². The van der Waals surface area contributed by atoms with Gasteiger partial charge >= 0.3 is 16.8 Å². The second-order valence-corrected chi connectivity index (χ2v) is 5.15. The lowest BCUT2D eigenvalue weighted by atomic mass is 9.99. The Kier molecular flexibility index (Phi) is 3.78. The Labute approximate surface area is 107 Å². The summed E-state index contributed by atoms with van der Waals surface area (Å²) in [5, 5.41) is 0. The lowest BCUT2D eigenvalue weighted by Gasteiger charge is -2.29. The Bertz CT molecular complexity index is 463. The minimum Gasteiger partial charge on any atom is -0.366 e. The number of hydrogen-bond acceptors (Lipinski definition) is 6. The number of rotatable bonds is 3. The van der Waals surface area contributed by atoms with E-state index in [0.717, 1.165) is 0 Å². The van der Waals surface area contributed by atoms with Crippen molar-refractivity contribution < 1.29 is 39.4 Å². The van der Waals surface area contributed by atoms with Gasteiger partial charge in [0.2, 0.25) is 0 Å². The van der Waals surface area contributed by atoms with Crippen molar-refractivity contribution in [3.05, 3.63) is 11.8 Å². The fraction of sp³-hybridized carbons (Fsp3) is 0.778. The lowest BCUT2D eigenvalue weighted by Crippen LogP contribution is -2.32. The maximum absolute atomic E-state index is 11.8. The molecule has 19 heavy (non-hydrogen) atoms. The summed E-state index contributed by atoms with van der Waals surface area (Å²) in [6, 6.07) is 0. The van der Waals surface area contributed by atoms with Crippen LogP contribution in [0.25, 0.3) is 0 Å². The molecule has 110 valence electrons. The highest BCUT2D eigenvalue weighted by Gasteiger charge is 2.41. The highest BCUT2D eigenvalue weighted by Crippen LogP contribution is 2.36. The number of allylic oxidation sites excluding steroid dienone is 1. The average Bonchev–Trinajstić information content (AvgIpc) is 2.67. The van der Waals surface area contributed by atoms with E-state index in [0.29, 0.717) is 19.6 Å². The molecule has 0 N–H and O–H groups in total.